The number of aryl methyl sites for hydroxylation is 2. The average molecular weight is 230 g/mol. The summed E-state index contributed by atoms with van der Waals surface area (Å²) in [7, 11) is 0. The van der Waals surface area contributed by atoms with Gasteiger partial charge in [0, 0.05) is 5.56 Å². The van der Waals surface area contributed by atoms with Crippen LogP contribution in [0, 0.1) is 13.8 Å². The van der Waals surface area contributed by atoms with E-state index in [9.17, 15) is 5.11 Å². The van der Waals surface area contributed by atoms with E-state index in [0.717, 1.165) is 16.9 Å². The Morgan fingerprint density at radius 2 is 1.71 bits per heavy atom. The third-order valence-corrected chi connectivity index (χ3v) is 2.94. The van der Waals surface area contributed by atoms with Crippen LogP contribution in [0.1, 0.15) is 36.6 Å². The first-order valence-corrected chi connectivity index (χ1v) is 5.86. The van der Waals surface area contributed by atoms with E-state index >= 15 is 0 Å². The summed E-state index contributed by atoms with van der Waals surface area (Å²) in [6.45, 7) is 8.09. The predicted molar refractivity (Wildman–Crippen MR) is 68.8 cm³/mol. The van der Waals surface area contributed by atoms with Gasteiger partial charge < -0.3 is 5.11 Å². The van der Waals surface area contributed by atoms with E-state index in [1.54, 1.807) is 4.68 Å². The maximum atomic E-state index is 10.2. The zero-order valence-corrected chi connectivity index (χ0v) is 10.7. The number of aromatic hydroxyl groups is 1. The molecule has 0 radical (unpaired) electrons. The fraction of sp³-hybridized carbons (Fsp3) is 0.357. The van der Waals surface area contributed by atoms with Crippen LogP contribution in [0.4, 0.5) is 0 Å². The van der Waals surface area contributed by atoms with Gasteiger partial charge in [0.25, 0.3) is 0 Å². The van der Waals surface area contributed by atoms with Gasteiger partial charge in [0.15, 0.2) is 0 Å². The molecule has 0 saturated carbocycles. The molecule has 1 heterocycles. The molecule has 90 valence electrons. The molecule has 1 aromatic heterocycles. The molecule has 0 saturated heterocycles. The summed E-state index contributed by atoms with van der Waals surface area (Å²) in [6.07, 6.45) is 0. The van der Waals surface area contributed by atoms with Crippen LogP contribution in [0.3, 0.4) is 0 Å². The Bertz CT molecular complexity index is 524. The van der Waals surface area contributed by atoms with Crippen LogP contribution in [-0.4, -0.2) is 14.9 Å². The molecule has 2 rings (SSSR count). The molecule has 0 amide bonds. The molecule has 1 aromatic carbocycles. The Balaban J connectivity index is 2.53. The standard InChI is InChI=1S/C14H18N2O/c1-9(2)13-11(4)15-16(14(13)17)12-7-5-10(3)6-8-12/h5-9,17H,1-4H3. The highest BCUT2D eigenvalue weighted by Crippen LogP contribution is 2.30. The first-order chi connectivity index (χ1) is 8.00. The van der Waals surface area contributed by atoms with Crippen molar-refractivity contribution in [3.63, 3.8) is 0 Å². The molecule has 2 aromatic rings. The molecule has 17 heavy (non-hydrogen) atoms. The van der Waals surface area contributed by atoms with Gasteiger partial charge in [0.05, 0.1) is 11.4 Å². The summed E-state index contributed by atoms with van der Waals surface area (Å²) in [5.41, 5.74) is 3.90. The van der Waals surface area contributed by atoms with Crippen molar-refractivity contribution in [3.05, 3.63) is 41.1 Å². The van der Waals surface area contributed by atoms with Gasteiger partial charge in [-0.1, -0.05) is 31.5 Å². The summed E-state index contributed by atoms with van der Waals surface area (Å²) in [6, 6.07) is 7.96. The van der Waals surface area contributed by atoms with Crippen LogP contribution in [0.25, 0.3) is 5.69 Å². The molecule has 1 N–H and O–H groups in total. The molecule has 0 spiro atoms. The third kappa shape index (κ3) is 2.05. The molecule has 0 atom stereocenters. The molecule has 3 nitrogen and oxygen atoms in total. The van der Waals surface area contributed by atoms with Crippen LogP contribution >= 0.6 is 0 Å². The van der Waals surface area contributed by atoms with Crippen molar-refractivity contribution in [2.24, 2.45) is 0 Å². The minimum absolute atomic E-state index is 0.251. The second-order valence-electron chi connectivity index (χ2n) is 4.72. The smallest absolute Gasteiger partial charge is 0.217 e. The monoisotopic (exact) mass is 230 g/mol. The van der Waals surface area contributed by atoms with Gasteiger partial charge in [-0.2, -0.15) is 5.10 Å². The SMILES string of the molecule is Cc1ccc(-n2nc(C)c(C(C)C)c2O)cc1. The third-order valence-electron chi connectivity index (χ3n) is 2.94. The summed E-state index contributed by atoms with van der Waals surface area (Å²) in [4.78, 5) is 0. The first kappa shape index (κ1) is 11.7. The van der Waals surface area contributed by atoms with Crippen LogP contribution in [0.2, 0.25) is 0 Å². The fourth-order valence-corrected chi connectivity index (χ4v) is 2.07. The number of aromatic nitrogens is 2. The van der Waals surface area contributed by atoms with Crippen molar-refractivity contribution < 1.29 is 5.11 Å². The molecule has 0 aliphatic rings. The number of hydrogen-bond donors (Lipinski definition) is 1. The molecule has 0 aliphatic heterocycles. The molecule has 0 unspecified atom stereocenters. The highest BCUT2D eigenvalue weighted by molar-refractivity contribution is 5.42. The van der Waals surface area contributed by atoms with Crippen LogP contribution in [-0.2, 0) is 0 Å². The van der Waals surface area contributed by atoms with Gasteiger partial charge in [-0.15, -0.1) is 0 Å². The van der Waals surface area contributed by atoms with Crippen LogP contribution in [0.15, 0.2) is 24.3 Å². The molecule has 0 bridgehead atoms. The zero-order valence-electron chi connectivity index (χ0n) is 10.7. The van der Waals surface area contributed by atoms with Crippen molar-refractivity contribution in [1.29, 1.82) is 0 Å². The number of hydrogen-bond acceptors (Lipinski definition) is 2. The van der Waals surface area contributed by atoms with E-state index in [2.05, 4.69) is 18.9 Å². The van der Waals surface area contributed by atoms with Crippen molar-refractivity contribution in [2.45, 2.75) is 33.6 Å². The minimum atomic E-state index is 0.251. The normalized spacial score (nSPS) is 11.1. The van der Waals surface area contributed by atoms with Gasteiger partial charge in [-0.25, -0.2) is 4.68 Å². The van der Waals surface area contributed by atoms with E-state index in [0.29, 0.717) is 0 Å². The Kier molecular flexibility index (Phi) is 2.92. The molecular weight excluding hydrogens is 212 g/mol. The summed E-state index contributed by atoms with van der Waals surface area (Å²) in [5.74, 6) is 0.524. The van der Waals surface area contributed by atoms with Crippen molar-refractivity contribution >= 4 is 0 Å². The summed E-state index contributed by atoms with van der Waals surface area (Å²) >= 11 is 0. The van der Waals surface area contributed by atoms with E-state index in [1.165, 1.54) is 5.56 Å². The summed E-state index contributed by atoms with van der Waals surface area (Å²) in [5, 5.41) is 14.6. The predicted octanol–water partition coefficient (Wildman–Crippen LogP) is 3.32. The number of benzene rings is 1. The van der Waals surface area contributed by atoms with E-state index < -0.39 is 0 Å². The Morgan fingerprint density at radius 3 is 2.18 bits per heavy atom. The van der Waals surface area contributed by atoms with Gasteiger partial charge in [0.2, 0.25) is 5.88 Å². The Hall–Kier alpha value is -1.77. The lowest BCUT2D eigenvalue weighted by atomic mass is 10.0. The maximum Gasteiger partial charge on any atom is 0.217 e. The molecule has 0 aliphatic carbocycles. The van der Waals surface area contributed by atoms with Gasteiger partial charge in [-0.3, -0.25) is 0 Å². The second kappa shape index (κ2) is 4.24. The Morgan fingerprint density at radius 1 is 1.12 bits per heavy atom. The van der Waals surface area contributed by atoms with Crippen molar-refractivity contribution in [2.75, 3.05) is 0 Å². The number of nitrogens with zero attached hydrogens (tertiary/aromatic N) is 2. The lowest BCUT2D eigenvalue weighted by Gasteiger charge is -2.06. The van der Waals surface area contributed by atoms with Gasteiger partial charge in [-0.05, 0) is 31.9 Å². The quantitative estimate of drug-likeness (QED) is 0.859. The van der Waals surface area contributed by atoms with E-state index in [1.807, 2.05) is 38.1 Å². The highest BCUT2D eigenvalue weighted by atomic mass is 16.3. The van der Waals surface area contributed by atoms with Crippen molar-refractivity contribution in [1.82, 2.24) is 9.78 Å². The maximum absolute atomic E-state index is 10.2. The first-order valence-electron chi connectivity index (χ1n) is 5.86. The lowest BCUT2D eigenvalue weighted by Crippen LogP contribution is -1.96. The molecule has 3 heteroatoms. The lowest BCUT2D eigenvalue weighted by molar-refractivity contribution is 0.425. The fourth-order valence-electron chi connectivity index (χ4n) is 2.07. The zero-order chi connectivity index (χ0) is 12.6. The topological polar surface area (TPSA) is 38.0 Å². The molecule has 0 fully saturated rings. The Labute approximate surface area is 102 Å². The highest BCUT2D eigenvalue weighted by Gasteiger charge is 2.17. The summed E-state index contributed by atoms with van der Waals surface area (Å²) < 4.78 is 1.60. The van der Waals surface area contributed by atoms with Crippen LogP contribution < -0.4 is 0 Å². The number of rotatable bonds is 2. The van der Waals surface area contributed by atoms with E-state index in [-0.39, 0.29) is 11.8 Å². The van der Waals surface area contributed by atoms with Gasteiger partial charge >= 0.3 is 0 Å². The molecular formula is C14H18N2O. The largest absolute Gasteiger partial charge is 0.493 e. The van der Waals surface area contributed by atoms with Crippen molar-refractivity contribution in [3.8, 4) is 11.6 Å². The second-order valence-corrected chi connectivity index (χ2v) is 4.72. The average Bonchev–Trinajstić information content (AvgIpc) is 2.55. The van der Waals surface area contributed by atoms with E-state index in [4.69, 9.17) is 0 Å². The minimum Gasteiger partial charge on any atom is -0.493 e. The van der Waals surface area contributed by atoms with Crippen LogP contribution in [0.5, 0.6) is 5.88 Å². The van der Waals surface area contributed by atoms with Gasteiger partial charge in [0.1, 0.15) is 0 Å².